The number of rotatable bonds is 8. The summed E-state index contributed by atoms with van der Waals surface area (Å²) >= 11 is 0. The van der Waals surface area contributed by atoms with Gasteiger partial charge in [0.15, 0.2) is 5.65 Å². The van der Waals surface area contributed by atoms with Gasteiger partial charge in [0.1, 0.15) is 0 Å². The minimum Gasteiger partial charge on any atom is -0.352 e. The van der Waals surface area contributed by atoms with Crippen molar-refractivity contribution in [2.45, 2.75) is 52.4 Å². The third-order valence-electron chi connectivity index (χ3n) is 4.70. The normalized spacial score (nSPS) is 11.3. The highest BCUT2D eigenvalue weighted by Gasteiger charge is 2.19. The summed E-state index contributed by atoms with van der Waals surface area (Å²) in [6.07, 6.45) is 6.23. The van der Waals surface area contributed by atoms with Gasteiger partial charge in [-0.25, -0.2) is 9.50 Å². The third-order valence-corrected chi connectivity index (χ3v) is 4.70. The molecule has 0 spiro atoms. The van der Waals surface area contributed by atoms with Crippen LogP contribution in [0.5, 0.6) is 0 Å². The van der Waals surface area contributed by atoms with Gasteiger partial charge < -0.3 is 5.32 Å². The topological polar surface area (TPSA) is 59.3 Å². The molecule has 0 saturated heterocycles. The molecule has 5 nitrogen and oxygen atoms in total. The zero-order valence-corrected chi connectivity index (χ0v) is 16.4. The summed E-state index contributed by atoms with van der Waals surface area (Å²) in [5.41, 5.74) is 4.17. The Bertz CT molecular complexity index is 899. The monoisotopic (exact) mass is 364 g/mol. The van der Waals surface area contributed by atoms with Crippen molar-refractivity contribution in [2.75, 3.05) is 6.54 Å². The van der Waals surface area contributed by atoms with Crippen LogP contribution in [-0.2, 0) is 0 Å². The zero-order valence-electron chi connectivity index (χ0n) is 16.4. The molecule has 2 aromatic heterocycles. The van der Waals surface area contributed by atoms with Crippen LogP contribution in [0.15, 0.2) is 42.6 Å². The van der Waals surface area contributed by atoms with Gasteiger partial charge in [0.05, 0.1) is 17.0 Å². The lowest BCUT2D eigenvalue weighted by Crippen LogP contribution is -2.27. The molecule has 0 radical (unpaired) electrons. The van der Waals surface area contributed by atoms with Crippen molar-refractivity contribution in [3.05, 3.63) is 53.9 Å². The second-order valence-corrected chi connectivity index (χ2v) is 7.19. The molecule has 142 valence electrons. The lowest BCUT2D eigenvalue weighted by atomic mass is 10.0. The van der Waals surface area contributed by atoms with Crippen LogP contribution in [0, 0.1) is 0 Å². The minimum absolute atomic E-state index is 0.0682. The SMILES string of the molecule is CCCCCCNC(=O)c1cnc2cc(-c3ccccc3)nn2c1C(C)C. The first kappa shape index (κ1) is 19.1. The van der Waals surface area contributed by atoms with Gasteiger partial charge in [0.2, 0.25) is 0 Å². The molecule has 1 amide bonds. The third kappa shape index (κ3) is 4.35. The quantitative estimate of drug-likeness (QED) is 0.582. The number of carbonyl (C=O) groups excluding carboxylic acids is 1. The van der Waals surface area contributed by atoms with E-state index in [2.05, 4.69) is 31.1 Å². The maximum Gasteiger partial charge on any atom is 0.254 e. The van der Waals surface area contributed by atoms with Gasteiger partial charge in [-0.1, -0.05) is 70.4 Å². The van der Waals surface area contributed by atoms with E-state index in [1.807, 2.05) is 40.9 Å². The van der Waals surface area contributed by atoms with Crippen molar-refractivity contribution in [1.82, 2.24) is 19.9 Å². The summed E-state index contributed by atoms with van der Waals surface area (Å²) in [6.45, 7) is 7.04. The second-order valence-electron chi connectivity index (χ2n) is 7.19. The Morgan fingerprint density at radius 3 is 2.63 bits per heavy atom. The van der Waals surface area contributed by atoms with Gasteiger partial charge in [-0.15, -0.1) is 0 Å². The summed E-state index contributed by atoms with van der Waals surface area (Å²) < 4.78 is 1.82. The van der Waals surface area contributed by atoms with E-state index in [9.17, 15) is 4.79 Å². The molecule has 0 bridgehead atoms. The number of amides is 1. The van der Waals surface area contributed by atoms with E-state index in [0.29, 0.717) is 12.1 Å². The van der Waals surface area contributed by atoms with Gasteiger partial charge >= 0.3 is 0 Å². The molecule has 1 N–H and O–H groups in total. The highest BCUT2D eigenvalue weighted by Crippen LogP contribution is 2.24. The number of carbonyl (C=O) groups is 1. The molecular weight excluding hydrogens is 336 g/mol. The van der Waals surface area contributed by atoms with Gasteiger partial charge in [-0.3, -0.25) is 4.79 Å². The Hall–Kier alpha value is -2.69. The van der Waals surface area contributed by atoms with Crippen molar-refractivity contribution >= 4 is 11.6 Å². The molecule has 27 heavy (non-hydrogen) atoms. The fourth-order valence-corrected chi connectivity index (χ4v) is 3.28. The van der Waals surface area contributed by atoms with Gasteiger partial charge in [-0.2, -0.15) is 5.10 Å². The van der Waals surface area contributed by atoms with E-state index < -0.39 is 0 Å². The zero-order chi connectivity index (χ0) is 19.2. The predicted molar refractivity (Wildman–Crippen MR) is 109 cm³/mol. The van der Waals surface area contributed by atoms with E-state index in [-0.39, 0.29) is 11.8 Å². The summed E-state index contributed by atoms with van der Waals surface area (Å²) in [5.74, 6) is 0.0845. The number of hydrogen-bond donors (Lipinski definition) is 1. The molecule has 0 aliphatic carbocycles. The molecule has 3 aromatic rings. The summed E-state index contributed by atoms with van der Waals surface area (Å²) in [5, 5.41) is 7.78. The first-order valence-electron chi connectivity index (χ1n) is 9.84. The number of benzene rings is 1. The van der Waals surface area contributed by atoms with Crippen molar-refractivity contribution in [3.8, 4) is 11.3 Å². The fourth-order valence-electron chi connectivity index (χ4n) is 3.28. The Labute approximate surface area is 160 Å². The number of nitrogens with one attached hydrogen (secondary N) is 1. The summed E-state index contributed by atoms with van der Waals surface area (Å²) in [4.78, 5) is 17.2. The van der Waals surface area contributed by atoms with Crippen molar-refractivity contribution < 1.29 is 4.79 Å². The van der Waals surface area contributed by atoms with Gasteiger partial charge in [0, 0.05) is 24.4 Å². The average molecular weight is 364 g/mol. The number of fused-ring (bicyclic) bond motifs is 1. The van der Waals surface area contributed by atoms with Gasteiger partial charge in [-0.05, 0) is 12.3 Å². The summed E-state index contributed by atoms with van der Waals surface area (Å²) in [6, 6.07) is 12.0. The number of nitrogens with zero attached hydrogens (tertiary/aromatic N) is 3. The molecule has 2 heterocycles. The second kappa shape index (κ2) is 8.80. The molecule has 0 aliphatic heterocycles. The molecule has 3 rings (SSSR count). The Morgan fingerprint density at radius 1 is 1.15 bits per heavy atom. The largest absolute Gasteiger partial charge is 0.352 e. The van der Waals surface area contributed by atoms with Crippen molar-refractivity contribution in [1.29, 1.82) is 0 Å². The number of aromatic nitrogens is 3. The highest BCUT2D eigenvalue weighted by atomic mass is 16.1. The maximum atomic E-state index is 12.7. The van der Waals surface area contributed by atoms with E-state index in [4.69, 9.17) is 5.10 Å². The molecule has 0 aliphatic rings. The highest BCUT2D eigenvalue weighted by molar-refractivity contribution is 5.95. The van der Waals surface area contributed by atoms with Crippen LogP contribution in [0.4, 0.5) is 0 Å². The molecule has 0 atom stereocenters. The standard InChI is InChI=1S/C22H28N4O/c1-4-5-6-10-13-23-22(27)18-15-24-20-14-19(17-11-8-7-9-12-17)25-26(20)21(18)16(2)3/h7-9,11-12,14-16H,4-6,10,13H2,1-3H3,(H,23,27). The van der Waals surface area contributed by atoms with E-state index in [0.717, 1.165) is 35.4 Å². The van der Waals surface area contributed by atoms with Crippen LogP contribution in [0.3, 0.4) is 0 Å². The fraction of sp³-hybridized carbons (Fsp3) is 0.409. The van der Waals surface area contributed by atoms with E-state index >= 15 is 0 Å². The van der Waals surface area contributed by atoms with Crippen LogP contribution in [-0.4, -0.2) is 27.0 Å². The Balaban J connectivity index is 1.89. The van der Waals surface area contributed by atoms with Crippen LogP contribution in [0.25, 0.3) is 16.9 Å². The predicted octanol–water partition coefficient (Wildman–Crippen LogP) is 4.83. The lowest BCUT2D eigenvalue weighted by molar-refractivity contribution is 0.0950. The molecule has 0 fully saturated rings. The molecule has 0 unspecified atom stereocenters. The number of unbranched alkanes of at least 4 members (excludes halogenated alkanes) is 3. The van der Waals surface area contributed by atoms with Crippen LogP contribution in [0.1, 0.15) is 68.4 Å². The Kier molecular flexibility index (Phi) is 6.22. The number of hydrogen-bond acceptors (Lipinski definition) is 3. The van der Waals surface area contributed by atoms with E-state index in [1.54, 1.807) is 6.20 Å². The summed E-state index contributed by atoms with van der Waals surface area (Å²) in [7, 11) is 0. The smallest absolute Gasteiger partial charge is 0.254 e. The van der Waals surface area contributed by atoms with Crippen molar-refractivity contribution in [2.24, 2.45) is 0 Å². The first-order valence-corrected chi connectivity index (χ1v) is 9.84. The van der Waals surface area contributed by atoms with Gasteiger partial charge in [0.25, 0.3) is 5.91 Å². The van der Waals surface area contributed by atoms with Crippen LogP contribution >= 0.6 is 0 Å². The van der Waals surface area contributed by atoms with E-state index in [1.165, 1.54) is 12.8 Å². The van der Waals surface area contributed by atoms with Crippen LogP contribution < -0.4 is 5.32 Å². The van der Waals surface area contributed by atoms with Crippen molar-refractivity contribution in [3.63, 3.8) is 0 Å². The molecule has 0 saturated carbocycles. The lowest BCUT2D eigenvalue weighted by Gasteiger charge is -2.14. The Morgan fingerprint density at radius 2 is 1.93 bits per heavy atom. The minimum atomic E-state index is -0.0682. The first-order chi connectivity index (χ1) is 13.1. The van der Waals surface area contributed by atoms with Crippen LogP contribution in [0.2, 0.25) is 0 Å². The average Bonchev–Trinajstić information content (AvgIpc) is 3.11. The molecular formula is C22H28N4O. The maximum absolute atomic E-state index is 12.7. The molecule has 1 aromatic carbocycles. The molecule has 5 heteroatoms.